The lowest BCUT2D eigenvalue weighted by molar-refractivity contribution is 0.179. The van der Waals surface area contributed by atoms with E-state index in [1.165, 1.54) is 6.07 Å². The molecule has 66 valence electrons. The molecule has 0 spiro atoms. The highest BCUT2D eigenvalue weighted by atomic mass is 19.1. The second-order valence-corrected chi connectivity index (χ2v) is 2.45. The van der Waals surface area contributed by atoms with Crippen molar-refractivity contribution in [3.05, 3.63) is 29.8 Å². The predicted octanol–water partition coefficient (Wildman–Crippen LogP) is 0.867. The maximum absolute atomic E-state index is 12.6. The first-order valence-corrected chi connectivity index (χ1v) is 3.61. The summed E-state index contributed by atoms with van der Waals surface area (Å²) >= 11 is 0. The lowest BCUT2D eigenvalue weighted by Gasteiger charge is -2.08. The van der Waals surface area contributed by atoms with Gasteiger partial charge in [0, 0.05) is 7.11 Å². The molecule has 4 heteroatoms. The molecule has 12 heavy (non-hydrogen) atoms. The second-order valence-electron chi connectivity index (χ2n) is 2.45. The topological polar surface area (TPSA) is 48.1 Å². The Morgan fingerprint density at radius 1 is 1.67 bits per heavy atom. The first kappa shape index (κ1) is 9.09. The fraction of sp³-hybridized carbons (Fsp3) is 0.375. The van der Waals surface area contributed by atoms with Crippen LogP contribution in [0.4, 0.5) is 4.39 Å². The van der Waals surface area contributed by atoms with Crippen LogP contribution < -0.4 is 5.73 Å². The number of rotatable bonds is 3. The molecule has 0 saturated carbocycles. The molecule has 3 nitrogen and oxygen atoms in total. The number of aromatic nitrogens is 1. The van der Waals surface area contributed by atoms with E-state index in [0.717, 1.165) is 0 Å². The summed E-state index contributed by atoms with van der Waals surface area (Å²) in [5.41, 5.74) is 6.13. The van der Waals surface area contributed by atoms with Crippen molar-refractivity contribution in [2.24, 2.45) is 5.73 Å². The van der Waals surface area contributed by atoms with Crippen molar-refractivity contribution in [3.63, 3.8) is 0 Å². The third kappa shape index (κ3) is 2.25. The Morgan fingerprint density at radius 2 is 2.42 bits per heavy atom. The van der Waals surface area contributed by atoms with Crippen LogP contribution in [0.1, 0.15) is 11.7 Å². The van der Waals surface area contributed by atoms with Gasteiger partial charge in [0.05, 0.1) is 18.3 Å². The highest BCUT2D eigenvalue weighted by Crippen LogP contribution is 2.07. The molecule has 1 rings (SSSR count). The monoisotopic (exact) mass is 170 g/mol. The Hall–Kier alpha value is -1.00. The molecule has 0 saturated heterocycles. The average Bonchev–Trinajstić information content (AvgIpc) is 2.05. The minimum Gasteiger partial charge on any atom is -0.383 e. The number of hydrogen-bond acceptors (Lipinski definition) is 3. The molecule has 0 fully saturated rings. The zero-order chi connectivity index (χ0) is 8.97. The van der Waals surface area contributed by atoms with Gasteiger partial charge in [0.2, 0.25) is 5.95 Å². The van der Waals surface area contributed by atoms with Crippen molar-refractivity contribution in [1.82, 2.24) is 4.98 Å². The molecule has 0 bridgehead atoms. The highest BCUT2D eigenvalue weighted by molar-refractivity contribution is 5.08. The summed E-state index contributed by atoms with van der Waals surface area (Å²) in [7, 11) is 1.54. The van der Waals surface area contributed by atoms with E-state index in [-0.39, 0.29) is 6.04 Å². The molecule has 1 heterocycles. The standard InChI is InChI=1S/C8H11FN2O/c1-12-5-6(10)7-3-2-4-8(9)11-7/h2-4,6H,5,10H2,1H3. The van der Waals surface area contributed by atoms with Gasteiger partial charge in [-0.15, -0.1) is 0 Å². The number of ether oxygens (including phenoxy) is 1. The van der Waals surface area contributed by atoms with Crippen LogP contribution in [0, 0.1) is 5.95 Å². The van der Waals surface area contributed by atoms with Crippen LogP contribution in [0.15, 0.2) is 18.2 Å². The fourth-order valence-electron chi connectivity index (χ4n) is 0.895. The van der Waals surface area contributed by atoms with Gasteiger partial charge in [-0.3, -0.25) is 0 Å². The van der Waals surface area contributed by atoms with Gasteiger partial charge in [-0.05, 0) is 12.1 Å². The van der Waals surface area contributed by atoms with E-state index < -0.39 is 5.95 Å². The van der Waals surface area contributed by atoms with Crippen LogP contribution in [-0.4, -0.2) is 18.7 Å². The van der Waals surface area contributed by atoms with Crippen molar-refractivity contribution < 1.29 is 9.13 Å². The van der Waals surface area contributed by atoms with E-state index in [1.54, 1.807) is 19.2 Å². The van der Waals surface area contributed by atoms with Gasteiger partial charge >= 0.3 is 0 Å². The predicted molar refractivity (Wildman–Crippen MR) is 43.0 cm³/mol. The Morgan fingerprint density at radius 3 is 3.00 bits per heavy atom. The lowest BCUT2D eigenvalue weighted by atomic mass is 10.2. The molecule has 0 aliphatic carbocycles. The van der Waals surface area contributed by atoms with Gasteiger partial charge in [0.25, 0.3) is 0 Å². The van der Waals surface area contributed by atoms with E-state index in [0.29, 0.717) is 12.3 Å². The molecule has 0 aliphatic rings. The molecular weight excluding hydrogens is 159 g/mol. The first-order valence-electron chi connectivity index (χ1n) is 3.61. The quantitative estimate of drug-likeness (QED) is 0.684. The Balaban J connectivity index is 2.73. The third-order valence-corrected chi connectivity index (χ3v) is 1.46. The molecule has 2 N–H and O–H groups in total. The average molecular weight is 170 g/mol. The molecule has 0 aliphatic heterocycles. The van der Waals surface area contributed by atoms with Crippen LogP contribution in [0.2, 0.25) is 0 Å². The zero-order valence-corrected chi connectivity index (χ0v) is 6.83. The summed E-state index contributed by atoms with van der Waals surface area (Å²) in [6.45, 7) is 0.344. The first-order chi connectivity index (χ1) is 5.74. The SMILES string of the molecule is COCC(N)c1cccc(F)n1. The zero-order valence-electron chi connectivity index (χ0n) is 6.83. The highest BCUT2D eigenvalue weighted by Gasteiger charge is 2.06. The summed E-state index contributed by atoms with van der Waals surface area (Å²) in [5.74, 6) is -0.515. The molecule has 1 unspecified atom stereocenters. The van der Waals surface area contributed by atoms with Gasteiger partial charge in [-0.25, -0.2) is 4.98 Å². The van der Waals surface area contributed by atoms with Crippen LogP contribution in [-0.2, 0) is 4.74 Å². The molecule has 0 radical (unpaired) electrons. The summed E-state index contributed by atoms with van der Waals surface area (Å²) in [5, 5.41) is 0. The molecule has 1 aromatic rings. The Labute approximate surface area is 70.4 Å². The van der Waals surface area contributed by atoms with Crippen molar-refractivity contribution in [2.45, 2.75) is 6.04 Å². The van der Waals surface area contributed by atoms with Gasteiger partial charge in [0.1, 0.15) is 0 Å². The number of hydrogen-bond donors (Lipinski definition) is 1. The summed E-state index contributed by atoms with van der Waals surface area (Å²) in [6, 6.07) is 4.17. The van der Waals surface area contributed by atoms with Crippen molar-refractivity contribution in [2.75, 3.05) is 13.7 Å². The number of methoxy groups -OCH3 is 1. The van der Waals surface area contributed by atoms with Crippen LogP contribution in [0.3, 0.4) is 0 Å². The number of halogens is 1. The van der Waals surface area contributed by atoms with Gasteiger partial charge in [0.15, 0.2) is 0 Å². The van der Waals surface area contributed by atoms with Gasteiger partial charge < -0.3 is 10.5 Å². The summed E-state index contributed by atoms with van der Waals surface area (Å²) < 4.78 is 17.4. The van der Waals surface area contributed by atoms with E-state index >= 15 is 0 Å². The molecule has 1 aromatic heterocycles. The maximum atomic E-state index is 12.6. The van der Waals surface area contributed by atoms with Crippen molar-refractivity contribution >= 4 is 0 Å². The Kier molecular flexibility index (Phi) is 3.13. The fourth-order valence-corrected chi connectivity index (χ4v) is 0.895. The normalized spacial score (nSPS) is 12.9. The number of nitrogens with two attached hydrogens (primary N) is 1. The molecule has 1 atom stereocenters. The van der Waals surface area contributed by atoms with E-state index in [2.05, 4.69) is 4.98 Å². The number of nitrogens with zero attached hydrogens (tertiary/aromatic N) is 1. The Bertz CT molecular complexity index is 255. The number of pyridine rings is 1. The second kappa shape index (κ2) is 4.13. The molecule has 0 amide bonds. The van der Waals surface area contributed by atoms with E-state index in [9.17, 15) is 4.39 Å². The van der Waals surface area contributed by atoms with E-state index in [4.69, 9.17) is 10.5 Å². The van der Waals surface area contributed by atoms with Crippen LogP contribution >= 0.6 is 0 Å². The van der Waals surface area contributed by atoms with Gasteiger partial charge in [-0.2, -0.15) is 4.39 Å². The van der Waals surface area contributed by atoms with Crippen LogP contribution in [0.5, 0.6) is 0 Å². The third-order valence-electron chi connectivity index (χ3n) is 1.46. The summed E-state index contributed by atoms with van der Waals surface area (Å²) in [4.78, 5) is 3.62. The lowest BCUT2D eigenvalue weighted by Crippen LogP contribution is -2.17. The van der Waals surface area contributed by atoms with E-state index in [1.807, 2.05) is 0 Å². The smallest absolute Gasteiger partial charge is 0.213 e. The van der Waals surface area contributed by atoms with Crippen molar-refractivity contribution in [3.8, 4) is 0 Å². The van der Waals surface area contributed by atoms with Crippen LogP contribution in [0.25, 0.3) is 0 Å². The van der Waals surface area contributed by atoms with Crippen molar-refractivity contribution in [1.29, 1.82) is 0 Å². The largest absolute Gasteiger partial charge is 0.383 e. The minimum atomic E-state index is -0.515. The van der Waals surface area contributed by atoms with Gasteiger partial charge in [-0.1, -0.05) is 6.07 Å². The molecular formula is C8H11FN2O. The maximum Gasteiger partial charge on any atom is 0.213 e. The minimum absolute atomic E-state index is 0.344. The summed E-state index contributed by atoms with van der Waals surface area (Å²) in [6.07, 6.45) is 0. The molecule has 0 aromatic carbocycles.